The van der Waals surface area contributed by atoms with Crippen LogP contribution in [0.3, 0.4) is 0 Å². The van der Waals surface area contributed by atoms with Gasteiger partial charge in [0.25, 0.3) is 11.8 Å². The Labute approximate surface area is 338 Å². The molecule has 0 atom stereocenters. The Morgan fingerprint density at radius 2 is 0.793 bits per heavy atom. The summed E-state index contributed by atoms with van der Waals surface area (Å²) in [6, 6.07) is 23.9. The summed E-state index contributed by atoms with van der Waals surface area (Å²) in [5.74, 6) is -3.61. The van der Waals surface area contributed by atoms with E-state index in [1.807, 2.05) is 0 Å². The lowest BCUT2D eigenvalue weighted by Crippen LogP contribution is -2.63. The van der Waals surface area contributed by atoms with Crippen molar-refractivity contribution >= 4 is 47.7 Å². The van der Waals surface area contributed by atoms with E-state index in [-0.39, 0.29) is 36.0 Å². The van der Waals surface area contributed by atoms with Crippen LogP contribution in [0.2, 0.25) is 0 Å². The summed E-state index contributed by atoms with van der Waals surface area (Å²) in [6.07, 6.45) is 12.3. The van der Waals surface area contributed by atoms with Crippen LogP contribution in [0.4, 0.5) is 0 Å². The Morgan fingerprint density at radius 1 is 0.483 bits per heavy atom. The third-order valence-corrected chi connectivity index (χ3v) is 9.08. The zero-order valence-corrected chi connectivity index (χ0v) is 32.2. The van der Waals surface area contributed by atoms with Gasteiger partial charge in [-0.05, 0) is 153 Å². The molecule has 4 aromatic carbocycles. The van der Waals surface area contributed by atoms with E-state index in [1.165, 1.54) is 72.8 Å². The number of amides is 2. The van der Waals surface area contributed by atoms with E-state index in [1.54, 1.807) is 48.5 Å². The molecule has 0 spiro atoms. The van der Waals surface area contributed by atoms with Crippen molar-refractivity contribution in [3.05, 3.63) is 144 Å². The number of phenols is 4. The normalized spacial score (nSPS) is 12.7. The van der Waals surface area contributed by atoms with Gasteiger partial charge in [0.1, 0.15) is 23.0 Å². The molecule has 0 heterocycles. The molecule has 0 bridgehead atoms. The van der Waals surface area contributed by atoms with Gasteiger partial charge in [0.05, 0.1) is 0 Å². The van der Waals surface area contributed by atoms with E-state index in [4.69, 9.17) is 5.73 Å². The molecule has 4 aromatic rings. The lowest BCUT2D eigenvalue weighted by molar-refractivity contribution is -0.156. The van der Waals surface area contributed by atoms with Crippen molar-refractivity contribution in [2.24, 2.45) is 5.73 Å². The van der Waals surface area contributed by atoms with Crippen molar-refractivity contribution in [2.75, 3.05) is 32.7 Å². The van der Waals surface area contributed by atoms with Crippen LogP contribution >= 0.6 is 0 Å². The molecule has 0 unspecified atom stereocenters. The first-order valence-electron chi connectivity index (χ1n) is 19.0. The predicted octanol–water partition coefficient (Wildman–Crippen LogP) is 5.59. The van der Waals surface area contributed by atoms with Gasteiger partial charge in [-0.25, -0.2) is 0 Å². The van der Waals surface area contributed by atoms with Crippen molar-refractivity contribution in [3.63, 3.8) is 0 Å². The molecule has 12 nitrogen and oxygen atoms in total. The lowest BCUT2D eigenvalue weighted by atomic mass is 9.81. The van der Waals surface area contributed by atoms with Gasteiger partial charge >= 0.3 is 0 Å². The van der Waals surface area contributed by atoms with E-state index in [9.17, 15) is 39.6 Å². The Balaban J connectivity index is 1.83. The van der Waals surface area contributed by atoms with Gasteiger partial charge in [0.15, 0.2) is 17.1 Å². The molecule has 0 fully saturated rings. The second kappa shape index (κ2) is 22.8. The van der Waals surface area contributed by atoms with Gasteiger partial charge in [-0.15, -0.1) is 0 Å². The van der Waals surface area contributed by atoms with Crippen LogP contribution in [-0.2, 0) is 19.2 Å². The second-order valence-electron chi connectivity index (χ2n) is 13.4. The highest BCUT2D eigenvalue weighted by Crippen LogP contribution is 2.28. The highest BCUT2D eigenvalue weighted by Gasteiger charge is 2.52. The minimum absolute atomic E-state index is 0.00560. The number of ketones is 2. The molecule has 0 aliphatic carbocycles. The minimum Gasteiger partial charge on any atom is -0.508 e. The van der Waals surface area contributed by atoms with Crippen LogP contribution in [0.1, 0.15) is 47.9 Å². The molecule has 0 aromatic heterocycles. The molecule has 0 aliphatic rings. The van der Waals surface area contributed by atoms with Crippen molar-refractivity contribution < 1.29 is 39.6 Å². The third-order valence-electron chi connectivity index (χ3n) is 9.08. The van der Waals surface area contributed by atoms with Gasteiger partial charge < -0.3 is 36.8 Å². The fraction of sp³-hybridized carbons (Fsp3) is 0.217. The van der Waals surface area contributed by atoms with Crippen LogP contribution in [0.5, 0.6) is 23.0 Å². The monoisotopic (exact) mass is 786 g/mol. The summed E-state index contributed by atoms with van der Waals surface area (Å²) in [5, 5.41) is 45.8. The topological polar surface area (TPSA) is 203 Å². The van der Waals surface area contributed by atoms with Crippen molar-refractivity contribution in [1.82, 2.24) is 15.5 Å². The van der Waals surface area contributed by atoms with Gasteiger partial charge in [-0.3, -0.25) is 24.1 Å². The second-order valence-corrected chi connectivity index (χ2v) is 13.4. The van der Waals surface area contributed by atoms with E-state index >= 15 is 0 Å². The van der Waals surface area contributed by atoms with Crippen molar-refractivity contribution in [1.29, 1.82) is 0 Å². The zero-order chi connectivity index (χ0) is 41.8. The number of phenolic OH excluding ortho intramolecular Hbond substituents is 4. The molecule has 4 rings (SSSR count). The standard InChI is InChI=1S/C46H50N4O8/c47-29-3-32-48-30-1-2-31-49-33-28-46(42(55)24-12-34-4-16-38(51)17-5-34,43(56)25-13-35-6-18-39(52)19-7-35)50(44(57)26-14-36-8-20-40(53)21-9-36)45(58)27-15-37-10-22-41(54)23-11-37/h4-27,48-49,51-54H,1-3,28-33,47H2. The Bertz CT molecular complexity index is 1940. The van der Waals surface area contributed by atoms with Crippen LogP contribution in [0.15, 0.2) is 121 Å². The summed E-state index contributed by atoms with van der Waals surface area (Å²) in [4.78, 5) is 59.4. The molecule has 0 saturated heterocycles. The van der Waals surface area contributed by atoms with Crippen molar-refractivity contribution in [3.8, 4) is 23.0 Å². The largest absolute Gasteiger partial charge is 0.508 e. The maximum absolute atomic E-state index is 14.8. The van der Waals surface area contributed by atoms with E-state index in [0.717, 1.165) is 56.7 Å². The molecule has 58 heavy (non-hydrogen) atoms. The molecule has 0 radical (unpaired) electrons. The first-order chi connectivity index (χ1) is 28.0. The molecule has 302 valence electrons. The number of nitrogens with zero attached hydrogens (tertiary/aromatic N) is 1. The number of imide groups is 1. The van der Waals surface area contributed by atoms with Crippen molar-refractivity contribution in [2.45, 2.75) is 31.2 Å². The number of unbranched alkanes of at least 4 members (excludes halogenated alkanes) is 1. The fourth-order valence-corrected chi connectivity index (χ4v) is 5.88. The fourth-order valence-electron chi connectivity index (χ4n) is 5.88. The van der Waals surface area contributed by atoms with Gasteiger partial charge in [0.2, 0.25) is 0 Å². The number of aromatic hydroxyl groups is 4. The zero-order valence-electron chi connectivity index (χ0n) is 32.2. The summed E-state index contributed by atoms with van der Waals surface area (Å²) in [6.45, 7) is 2.77. The number of benzene rings is 4. The third kappa shape index (κ3) is 13.6. The smallest absolute Gasteiger partial charge is 0.254 e. The SMILES string of the molecule is NCCCNCCCCNCCC(C(=O)C=Cc1ccc(O)cc1)(C(=O)C=Cc1ccc(O)cc1)N(C(=O)C=Cc1ccc(O)cc1)C(=O)C=Cc1ccc(O)cc1. The number of hydrogen-bond acceptors (Lipinski definition) is 11. The number of carbonyl (C=O) groups is 4. The quantitative estimate of drug-likeness (QED) is 0.0297. The number of rotatable bonds is 22. The number of carbonyl (C=O) groups excluding carboxylic acids is 4. The van der Waals surface area contributed by atoms with E-state index < -0.39 is 28.9 Å². The predicted molar refractivity (Wildman–Crippen MR) is 226 cm³/mol. The first kappa shape index (κ1) is 44.1. The summed E-state index contributed by atoms with van der Waals surface area (Å²) in [5.41, 5.74) is 5.16. The highest BCUT2D eigenvalue weighted by molar-refractivity contribution is 6.26. The molecular formula is C46H50N4O8. The number of hydrogen-bond donors (Lipinski definition) is 7. The summed E-state index contributed by atoms with van der Waals surface area (Å²) in [7, 11) is 0. The number of nitrogens with one attached hydrogen (secondary N) is 2. The summed E-state index contributed by atoms with van der Waals surface area (Å²) >= 11 is 0. The molecule has 12 heteroatoms. The van der Waals surface area contributed by atoms with Crippen LogP contribution in [-0.4, -0.2) is 87.0 Å². The highest BCUT2D eigenvalue weighted by atomic mass is 16.3. The van der Waals surface area contributed by atoms with Gasteiger partial charge in [-0.1, -0.05) is 60.7 Å². The summed E-state index contributed by atoms with van der Waals surface area (Å²) < 4.78 is 0. The molecule has 2 amide bonds. The van der Waals surface area contributed by atoms with Gasteiger partial charge in [0, 0.05) is 12.2 Å². The van der Waals surface area contributed by atoms with E-state index in [2.05, 4.69) is 10.6 Å². The minimum atomic E-state index is -2.43. The average molecular weight is 787 g/mol. The van der Waals surface area contributed by atoms with Gasteiger partial charge in [-0.2, -0.15) is 0 Å². The maximum atomic E-state index is 14.8. The lowest BCUT2D eigenvalue weighted by Gasteiger charge is -2.38. The molecule has 0 aliphatic heterocycles. The Kier molecular flexibility index (Phi) is 17.4. The molecule has 0 saturated carbocycles. The molecule has 8 N–H and O–H groups in total. The van der Waals surface area contributed by atoms with Crippen LogP contribution < -0.4 is 16.4 Å². The first-order valence-corrected chi connectivity index (χ1v) is 19.0. The number of nitrogens with two attached hydrogens (primary N) is 1. The molecular weight excluding hydrogens is 737 g/mol. The average Bonchev–Trinajstić information content (AvgIpc) is 3.22. The van der Waals surface area contributed by atoms with E-state index in [0.29, 0.717) is 40.2 Å². The maximum Gasteiger partial charge on any atom is 0.254 e. The Morgan fingerprint density at radius 3 is 1.14 bits per heavy atom. The van der Waals surface area contributed by atoms with Crippen LogP contribution in [0.25, 0.3) is 24.3 Å². The van der Waals surface area contributed by atoms with Crippen LogP contribution in [0, 0.1) is 0 Å². The Hall–Kier alpha value is -6.60.